The highest BCUT2D eigenvalue weighted by Gasteiger charge is 2.18. The zero-order valence-corrected chi connectivity index (χ0v) is 18.4. The Balaban J connectivity index is 1.92. The summed E-state index contributed by atoms with van der Waals surface area (Å²) < 4.78 is 34.3. The van der Waals surface area contributed by atoms with E-state index < -0.39 is 37.0 Å². The Hall–Kier alpha value is -4.00. The number of urea groups is 1. The minimum absolute atomic E-state index is 0.00866. The zero-order chi connectivity index (χ0) is 24.9. The number of pyridine rings is 1. The van der Waals surface area contributed by atoms with E-state index in [1.54, 1.807) is 0 Å². The molecule has 0 aliphatic heterocycles. The molecular formula is C21H20F2N4O6S. The Labute approximate surface area is 197 Å². The molecule has 4 amide bonds. The highest BCUT2D eigenvalue weighted by molar-refractivity contribution is 8.00. The van der Waals surface area contributed by atoms with Crippen molar-refractivity contribution < 1.29 is 37.4 Å². The van der Waals surface area contributed by atoms with E-state index in [2.05, 4.69) is 26.9 Å². The molecule has 0 saturated carbocycles. The fraction of sp³-hybridized carbons (Fsp3) is 0.190. The number of benzene rings is 1. The number of halogens is 2. The maximum absolute atomic E-state index is 12.5. The fourth-order valence-electron chi connectivity index (χ4n) is 2.33. The summed E-state index contributed by atoms with van der Waals surface area (Å²) in [5.74, 6) is -2.73. The maximum atomic E-state index is 12.5. The molecule has 1 heterocycles. The standard InChI is InChI=1S/C21H20F2N4O6S/c1-2-9-25-21(31)27-16(28)11-32-19(30)13-6-5-10-24-18(13)34-12-17(29)26-14-7-3-4-8-15(14)33-20(22)23/h2-8,10,20H,1,9,11-12H2,(H,26,29)(H2,25,27,28,31). The molecule has 0 bridgehead atoms. The van der Waals surface area contributed by atoms with Crippen LogP contribution in [0.1, 0.15) is 10.4 Å². The van der Waals surface area contributed by atoms with Crippen molar-refractivity contribution in [3.05, 3.63) is 60.8 Å². The third-order valence-corrected chi connectivity index (χ3v) is 4.71. The second-order valence-corrected chi connectivity index (χ2v) is 7.15. The Bertz CT molecular complexity index is 1050. The first-order valence-electron chi connectivity index (χ1n) is 9.57. The van der Waals surface area contributed by atoms with Crippen LogP contribution in [0.3, 0.4) is 0 Å². The van der Waals surface area contributed by atoms with Gasteiger partial charge in [0.2, 0.25) is 5.91 Å². The Morgan fingerprint density at radius 2 is 1.88 bits per heavy atom. The van der Waals surface area contributed by atoms with Gasteiger partial charge < -0.3 is 20.1 Å². The largest absolute Gasteiger partial charge is 0.452 e. The van der Waals surface area contributed by atoms with Crippen LogP contribution in [0.25, 0.3) is 0 Å². The summed E-state index contributed by atoms with van der Waals surface area (Å²) in [4.78, 5) is 51.8. The molecule has 0 radical (unpaired) electrons. The lowest BCUT2D eigenvalue weighted by atomic mass is 10.3. The second-order valence-electron chi connectivity index (χ2n) is 6.19. The Morgan fingerprint density at radius 3 is 2.62 bits per heavy atom. The van der Waals surface area contributed by atoms with Crippen molar-refractivity contribution in [2.45, 2.75) is 11.6 Å². The molecule has 2 aromatic rings. The molecule has 0 saturated heterocycles. The molecule has 34 heavy (non-hydrogen) atoms. The number of nitrogens with zero attached hydrogens (tertiary/aromatic N) is 1. The van der Waals surface area contributed by atoms with Crippen LogP contribution in [0.2, 0.25) is 0 Å². The van der Waals surface area contributed by atoms with Crippen molar-refractivity contribution in [3.8, 4) is 5.75 Å². The lowest BCUT2D eigenvalue weighted by molar-refractivity contribution is -0.123. The van der Waals surface area contributed by atoms with Crippen LogP contribution < -0.4 is 20.7 Å². The van der Waals surface area contributed by atoms with E-state index in [0.717, 1.165) is 11.8 Å². The summed E-state index contributed by atoms with van der Waals surface area (Å²) >= 11 is 0.889. The van der Waals surface area contributed by atoms with Gasteiger partial charge in [-0.3, -0.25) is 14.9 Å². The average Bonchev–Trinajstić information content (AvgIpc) is 2.81. The van der Waals surface area contributed by atoms with Gasteiger partial charge in [-0.25, -0.2) is 14.6 Å². The Kier molecular flexibility index (Phi) is 10.4. The number of hydrogen-bond acceptors (Lipinski definition) is 8. The SMILES string of the molecule is C=CCNC(=O)NC(=O)COC(=O)c1cccnc1SCC(=O)Nc1ccccc1OC(F)F. The van der Waals surface area contributed by atoms with Gasteiger partial charge in [-0.15, -0.1) is 6.58 Å². The number of imide groups is 1. The molecule has 0 unspecified atom stereocenters. The van der Waals surface area contributed by atoms with Crippen LogP contribution in [-0.2, 0) is 14.3 Å². The van der Waals surface area contributed by atoms with Crippen LogP contribution in [0.4, 0.5) is 19.3 Å². The summed E-state index contributed by atoms with van der Waals surface area (Å²) in [7, 11) is 0. The number of anilines is 1. The van der Waals surface area contributed by atoms with E-state index >= 15 is 0 Å². The van der Waals surface area contributed by atoms with Crippen molar-refractivity contribution in [1.29, 1.82) is 0 Å². The van der Waals surface area contributed by atoms with Crippen molar-refractivity contribution >= 4 is 41.3 Å². The number of amides is 4. The number of thioether (sulfide) groups is 1. The van der Waals surface area contributed by atoms with Crippen LogP contribution in [0, 0.1) is 0 Å². The summed E-state index contributed by atoms with van der Waals surface area (Å²) in [6, 6.07) is 7.75. The van der Waals surface area contributed by atoms with Gasteiger partial charge in [-0.2, -0.15) is 8.78 Å². The average molecular weight is 494 g/mol. The van der Waals surface area contributed by atoms with Gasteiger partial charge in [0.1, 0.15) is 10.8 Å². The molecule has 0 atom stereocenters. The van der Waals surface area contributed by atoms with E-state index in [1.165, 1.54) is 48.7 Å². The summed E-state index contributed by atoms with van der Waals surface area (Å²) in [6.45, 7) is -0.221. The molecule has 3 N–H and O–H groups in total. The number of hydrogen-bond donors (Lipinski definition) is 3. The molecule has 1 aromatic heterocycles. The lowest BCUT2D eigenvalue weighted by Crippen LogP contribution is -2.41. The second kappa shape index (κ2) is 13.5. The van der Waals surface area contributed by atoms with Crippen molar-refractivity contribution in [2.75, 3.05) is 24.2 Å². The molecule has 0 aliphatic rings. The van der Waals surface area contributed by atoms with Gasteiger partial charge in [-0.05, 0) is 24.3 Å². The van der Waals surface area contributed by atoms with Gasteiger partial charge in [0, 0.05) is 12.7 Å². The van der Waals surface area contributed by atoms with Gasteiger partial charge in [0.15, 0.2) is 6.61 Å². The predicted octanol–water partition coefficient (Wildman–Crippen LogP) is 2.58. The summed E-state index contributed by atoms with van der Waals surface area (Å²) in [6.07, 6.45) is 2.81. The predicted molar refractivity (Wildman–Crippen MR) is 119 cm³/mol. The smallest absolute Gasteiger partial charge is 0.387 e. The number of para-hydroxylation sites is 2. The van der Waals surface area contributed by atoms with Crippen molar-refractivity contribution in [2.24, 2.45) is 0 Å². The molecule has 10 nitrogen and oxygen atoms in total. The number of alkyl halides is 2. The third-order valence-electron chi connectivity index (χ3n) is 3.70. The zero-order valence-electron chi connectivity index (χ0n) is 17.6. The number of esters is 1. The van der Waals surface area contributed by atoms with Crippen LogP contribution in [-0.4, -0.2) is 54.3 Å². The van der Waals surface area contributed by atoms with Crippen LogP contribution >= 0.6 is 11.8 Å². The number of aromatic nitrogens is 1. The maximum Gasteiger partial charge on any atom is 0.387 e. The lowest BCUT2D eigenvalue weighted by Gasteiger charge is -2.12. The van der Waals surface area contributed by atoms with E-state index in [-0.39, 0.29) is 34.3 Å². The number of nitrogens with one attached hydrogen (secondary N) is 3. The van der Waals surface area contributed by atoms with E-state index in [9.17, 15) is 28.0 Å². The number of carbonyl (C=O) groups is 4. The third kappa shape index (κ3) is 8.86. The topological polar surface area (TPSA) is 136 Å². The molecule has 0 aliphatic carbocycles. The first-order chi connectivity index (χ1) is 16.3. The quantitative estimate of drug-likeness (QED) is 0.246. The molecule has 0 fully saturated rings. The number of rotatable bonds is 11. The molecule has 180 valence electrons. The molecule has 0 spiro atoms. The van der Waals surface area contributed by atoms with Crippen molar-refractivity contribution in [3.63, 3.8) is 0 Å². The normalized spacial score (nSPS) is 10.2. The molecular weight excluding hydrogens is 474 g/mol. The minimum Gasteiger partial charge on any atom is -0.452 e. The van der Waals surface area contributed by atoms with E-state index in [1.807, 2.05) is 5.32 Å². The van der Waals surface area contributed by atoms with Crippen LogP contribution in [0.5, 0.6) is 5.75 Å². The fourth-order valence-corrected chi connectivity index (χ4v) is 3.11. The highest BCUT2D eigenvalue weighted by atomic mass is 32.2. The summed E-state index contributed by atoms with van der Waals surface area (Å²) in [5, 5.41) is 6.89. The Morgan fingerprint density at radius 1 is 1.12 bits per heavy atom. The van der Waals surface area contributed by atoms with Gasteiger partial charge >= 0.3 is 18.6 Å². The first-order valence-corrected chi connectivity index (χ1v) is 10.6. The molecule has 1 aromatic carbocycles. The minimum atomic E-state index is -3.06. The number of ether oxygens (including phenoxy) is 2. The molecule has 13 heteroatoms. The van der Waals surface area contributed by atoms with Crippen molar-refractivity contribution in [1.82, 2.24) is 15.6 Å². The number of carbonyl (C=O) groups excluding carboxylic acids is 4. The first kappa shape index (κ1) is 26.3. The van der Waals surface area contributed by atoms with Gasteiger partial charge in [-0.1, -0.05) is 30.0 Å². The van der Waals surface area contributed by atoms with E-state index in [0.29, 0.717) is 0 Å². The molecule has 2 rings (SSSR count). The van der Waals surface area contributed by atoms with Crippen LogP contribution in [0.15, 0.2) is 60.3 Å². The summed E-state index contributed by atoms with van der Waals surface area (Å²) in [5.41, 5.74) is 0.0443. The van der Waals surface area contributed by atoms with Gasteiger partial charge in [0.25, 0.3) is 5.91 Å². The highest BCUT2D eigenvalue weighted by Crippen LogP contribution is 2.26. The monoisotopic (exact) mass is 494 g/mol. The van der Waals surface area contributed by atoms with Gasteiger partial charge in [0.05, 0.1) is 17.0 Å². The van der Waals surface area contributed by atoms with E-state index in [4.69, 9.17) is 4.74 Å².